The molecule has 0 aliphatic carbocycles. The van der Waals surface area contributed by atoms with E-state index in [0.717, 1.165) is 19.5 Å². The molecule has 156 valence electrons. The van der Waals surface area contributed by atoms with E-state index in [1.165, 1.54) is 28.4 Å². The van der Waals surface area contributed by atoms with Crippen LogP contribution in [0.2, 0.25) is 0 Å². The second-order valence-corrected chi connectivity index (χ2v) is 7.67. The summed E-state index contributed by atoms with van der Waals surface area (Å²) in [5.41, 5.74) is -0.154. The van der Waals surface area contributed by atoms with Crippen molar-refractivity contribution in [2.75, 3.05) is 19.6 Å². The molecule has 7 heteroatoms. The Labute approximate surface area is 170 Å². The van der Waals surface area contributed by atoms with Gasteiger partial charge in [0.05, 0.1) is 11.0 Å². The van der Waals surface area contributed by atoms with Gasteiger partial charge in [-0.3, -0.25) is 23.5 Å². The molecule has 1 unspecified atom stereocenters. The van der Waals surface area contributed by atoms with Crippen LogP contribution in [0.3, 0.4) is 0 Å². The molecule has 0 radical (unpaired) electrons. The number of nitrogens with zero attached hydrogens (tertiary/aromatic N) is 3. The number of carbonyl (C=O) groups is 1. The maximum Gasteiger partial charge on any atom is 0.317 e. The second-order valence-electron chi connectivity index (χ2n) is 7.67. The Bertz CT molecular complexity index is 992. The Balaban J connectivity index is 1.67. The van der Waals surface area contributed by atoms with Crippen LogP contribution in [0.4, 0.5) is 0 Å². The molecule has 1 aliphatic heterocycles. The SMILES string of the molecule is C=CCn1c(=O)c(=O)n(CC(=O)NCCCN2CCCCC2C)c2ccccc21. The van der Waals surface area contributed by atoms with Crippen LogP contribution < -0.4 is 16.4 Å². The molecule has 3 rings (SSSR count). The van der Waals surface area contributed by atoms with E-state index in [0.29, 0.717) is 23.6 Å². The zero-order valence-corrected chi connectivity index (χ0v) is 17.1. The van der Waals surface area contributed by atoms with Crippen LogP contribution in [0.5, 0.6) is 0 Å². The number of aromatic nitrogens is 2. The zero-order chi connectivity index (χ0) is 20.8. The lowest BCUT2D eigenvalue weighted by atomic mass is 10.0. The van der Waals surface area contributed by atoms with E-state index < -0.39 is 11.1 Å². The van der Waals surface area contributed by atoms with Gasteiger partial charge < -0.3 is 10.2 Å². The van der Waals surface area contributed by atoms with E-state index in [1.54, 1.807) is 30.3 Å². The molecular weight excluding hydrogens is 368 g/mol. The fourth-order valence-corrected chi connectivity index (χ4v) is 4.04. The van der Waals surface area contributed by atoms with Crippen molar-refractivity contribution in [1.29, 1.82) is 0 Å². The van der Waals surface area contributed by atoms with Gasteiger partial charge in [-0.25, -0.2) is 0 Å². The van der Waals surface area contributed by atoms with E-state index in [9.17, 15) is 14.4 Å². The average molecular weight is 399 g/mol. The summed E-state index contributed by atoms with van der Waals surface area (Å²) in [6, 6.07) is 7.72. The second kappa shape index (κ2) is 9.69. The summed E-state index contributed by atoms with van der Waals surface area (Å²) in [7, 11) is 0. The number of carbonyl (C=O) groups excluding carboxylic acids is 1. The molecule has 1 atom stereocenters. The van der Waals surface area contributed by atoms with E-state index >= 15 is 0 Å². The van der Waals surface area contributed by atoms with Crippen LogP contribution >= 0.6 is 0 Å². The Hall–Kier alpha value is -2.67. The van der Waals surface area contributed by atoms with E-state index in [4.69, 9.17) is 0 Å². The van der Waals surface area contributed by atoms with Crippen molar-refractivity contribution in [2.45, 2.75) is 51.7 Å². The molecule has 1 N–H and O–H groups in total. The van der Waals surface area contributed by atoms with Gasteiger partial charge in [0.2, 0.25) is 5.91 Å². The highest BCUT2D eigenvalue weighted by atomic mass is 16.2. The molecule has 0 bridgehead atoms. The summed E-state index contributed by atoms with van der Waals surface area (Å²) in [6.07, 6.45) is 6.21. The molecule has 7 nitrogen and oxygen atoms in total. The molecule has 1 aromatic heterocycles. The first-order chi connectivity index (χ1) is 14.0. The third-order valence-corrected chi connectivity index (χ3v) is 5.63. The van der Waals surface area contributed by atoms with Crippen LogP contribution in [0.1, 0.15) is 32.6 Å². The van der Waals surface area contributed by atoms with Crippen LogP contribution in [-0.4, -0.2) is 45.6 Å². The first-order valence-corrected chi connectivity index (χ1v) is 10.4. The van der Waals surface area contributed by atoms with Gasteiger partial charge in [0.1, 0.15) is 6.54 Å². The molecule has 1 fully saturated rings. The van der Waals surface area contributed by atoms with Gasteiger partial charge in [-0.05, 0) is 44.9 Å². The highest BCUT2D eigenvalue weighted by Crippen LogP contribution is 2.16. The van der Waals surface area contributed by atoms with Crippen molar-refractivity contribution >= 4 is 16.9 Å². The Morgan fingerprint density at radius 1 is 1.17 bits per heavy atom. The van der Waals surface area contributed by atoms with Crippen molar-refractivity contribution in [3.05, 3.63) is 57.6 Å². The van der Waals surface area contributed by atoms with Crippen molar-refractivity contribution in [3.8, 4) is 0 Å². The normalized spacial score (nSPS) is 17.3. The van der Waals surface area contributed by atoms with Crippen molar-refractivity contribution in [1.82, 2.24) is 19.4 Å². The first kappa shape index (κ1) is 21.0. The van der Waals surface area contributed by atoms with Gasteiger partial charge in [-0.15, -0.1) is 6.58 Å². The third kappa shape index (κ3) is 4.85. The average Bonchev–Trinajstić information content (AvgIpc) is 2.73. The lowest BCUT2D eigenvalue weighted by Gasteiger charge is -2.33. The minimum atomic E-state index is -0.692. The summed E-state index contributed by atoms with van der Waals surface area (Å²) in [5.74, 6) is -0.259. The molecular formula is C22H30N4O3. The lowest BCUT2D eigenvalue weighted by Crippen LogP contribution is -2.44. The Morgan fingerprint density at radius 2 is 1.86 bits per heavy atom. The number of para-hydroxylation sites is 2. The van der Waals surface area contributed by atoms with Gasteiger partial charge in [-0.1, -0.05) is 24.6 Å². The molecule has 1 aliphatic rings. The minimum absolute atomic E-state index is 0.163. The summed E-state index contributed by atoms with van der Waals surface area (Å²) in [4.78, 5) is 40.0. The highest BCUT2D eigenvalue weighted by molar-refractivity contribution is 5.80. The topological polar surface area (TPSA) is 76.3 Å². The van der Waals surface area contributed by atoms with Gasteiger partial charge in [0.25, 0.3) is 0 Å². The predicted molar refractivity (Wildman–Crippen MR) is 115 cm³/mol. The van der Waals surface area contributed by atoms with Crippen molar-refractivity contribution in [3.63, 3.8) is 0 Å². The van der Waals surface area contributed by atoms with Gasteiger partial charge in [0.15, 0.2) is 0 Å². The van der Waals surface area contributed by atoms with E-state index in [-0.39, 0.29) is 19.0 Å². The number of piperidine rings is 1. The first-order valence-electron chi connectivity index (χ1n) is 10.4. The van der Waals surface area contributed by atoms with Crippen LogP contribution in [0.15, 0.2) is 46.5 Å². The maximum absolute atomic E-state index is 12.6. The smallest absolute Gasteiger partial charge is 0.317 e. The number of amides is 1. The minimum Gasteiger partial charge on any atom is -0.355 e. The Kier molecular flexibility index (Phi) is 7.04. The van der Waals surface area contributed by atoms with E-state index in [1.807, 2.05) is 0 Å². The molecule has 1 aromatic carbocycles. The van der Waals surface area contributed by atoms with Crippen molar-refractivity contribution < 1.29 is 4.79 Å². The fourth-order valence-electron chi connectivity index (χ4n) is 4.04. The number of benzene rings is 1. The molecule has 0 spiro atoms. The van der Waals surface area contributed by atoms with Crippen LogP contribution in [-0.2, 0) is 17.9 Å². The van der Waals surface area contributed by atoms with Crippen LogP contribution in [0, 0.1) is 0 Å². The quantitative estimate of drug-likeness (QED) is 0.417. The maximum atomic E-state index is 12.6. The zero-order valence-electron chi connectivity index (χ0n) is 17.1. The summed E-state index contributed by atoms with van der Waals surface area (Å²) >= 11 is 0. The summed E-state index contributed by atoms with van der Waals surface area (Å²) in [6.45, 7) is 8.63. The molecule has 2 aromatic rings. The number of allylic oxidation sites excluding steroid dienone is 1. The number of fused-ring (bicyclic) bond motifs is 1. The fraction of sp³-hybridized carbons (Fsp3) is 0.500. The molecule has 1 saturated heterocycles. The van der Waals surface area contributed by atoms with Gasteiger partial charge >= 0.3 is 11.1 Å². The molecule has 29 heavy (non-hydrogen) atoms. The van der Waals surface area contributed by atoms with E-state index in [2.05, 4.69) is 23.7 Å². The lowest BCUT2D eigenvalue weighted by molar-refractivity contribution is -0.121. The van der Waals surface area contributed by atoms with Crippen LogP contribution in [0.25, 0.3) is 11.0 Å². The molecule has 2 heterocycles. The predicted octanol–water partition coefficient (Wildman–Crippen LogP) is 1.73. The number of hydrogen-bond acceptors (Lipinski definition) is 4. The largest absolute Gasteiger partial charge is 0.355 e. The standard InChI is InChI=1S/C22H30N4O3/c1-3-13-25-18-10-4-5-11-19(18)26(22(29)21(25)28)16-20(27)23-12-8-15-24-14-7-6-9-17(24)2/h3-5,10-11,17H,1,6-9,12-16H2,2H3,(H,23,27). The number of rotatable bonds is 8. The van der Waals surface area contributed by atoms with Crippen molar-refractivity contribution in [2.24, 2.45) is 0 Å². The monoisotopic (exact) mass is 398 g/mol. The summed E-state index contributed by atoms with van der Waals surface area (Å²) in [5, 5.41) is 2.89. The number of likely N-dealkylation sites (tertiary alicyclic amines) is 1. The van der Waals surface area contributed by atoms with Gasteiger partial charge in [-0.2, -0.15) is 0 Å². The molecule has 0 saturated carbocycles. The summed E-state index contributed by atoms with van der Waals surface area (Å²) < 4.78 is 2.65. The third-order valence-electron chi connectivity index (χ3n) is 5.63. The number of nitrogens with one attached hydrogen (secondary N) is 1. The number of hydrogen-bond donors (Lipinski definition) is 1. The molecule has 1 amide bonds. The Morgan fingerprint density at radius 3 is 2.55 bits per heavy atom. The van der Waals surface area contributed by atoms with Gasteiger partial charge in [0, 0.05) is 25.7 Å². The highest BCUT2D eigenvalue weighted by Gasteiger charge is 2.18.